The minimum Gasteiger partial charge on any atom is -0.494 e. The van der Waals surface area contributed by atoms with E-state index in [-0.39, 0.29) is 24.3 Å². The summed E-state index contributed by atoms with van der Waals surface area (Å²) in [6.45, 7) is 8.16. The molecule has 0 fully saturated rings. The number of thioether (sulfide) groups is 1. The summed E-state index contributed by atoms with van der Waals surface area (Å²) >= 11 is 1.16. The molecule has 43 heavy (non-hydrogen) atoms. The molecule has 0 atom stereocenters. The number of esters is 2. The second-order valence-electron chi connectivity index (χ2n) is 9.23. The number of carbonyl (C=O) groups is 3. The Morgan fingerprint density at radius 2 is 1.12 bits per heavy atom. The van der Waals surface area contributed by atoms with Crippen LogP contribution in [0.2, 0.25) is 0 Å². The lowest BCUT2D eigenvalue weighted by molar-refractivity contribution is -0.139. The van der Waals surface area contributed by atoms with Crippen molar-refractivity contribution >= 4 is 34.9 Å². The highest BCUT2D eigenvalue weighted by atomic mass is 32.2. The van der Waals surface area contributed by atoms with Crippen LogP contribution in [-0.2, 0) is 23.9 Å². The molecule has 224 valence electrons. The molecular weight excluding hydrogens is 564 g/mol. The minimum atomic E-state index is -0.472. The summed E-state index contributed by atoms with van der Waals surface area (Å²) in [5, 5.41) is -0.0636. The Balaban J connectivity index is 1.35. The van der Waals surface area contributed by atoms with Crippen molar-refractivity contribution in [2.45, 2.75) is 30.6 Å². The lowest BCUT2D eigenvalue weighted by Gasteiger charge is -2.08. The zero-order valence-corrected chi connectivity index (χ0v) is 24.9. The van der Waals surface area contributed by atoms with Crippen LogP contribution in [0, 0.1) is 0 Å². The van der Waals surface area contributed by atoms with Gasteiger partial charge in [0.2, 0.25) is 5.12 Å². The Kier molecular flexibility index (Phi) is 14.4. The van der Waals surface area contributed by atoms with E-state index in [4.69, 9.17) is 18.9 Å². The second-order valence-corrected chi connectivity index (χ2v) is 10.3. The van der Waals surface area contributed by atoms with Crippen LogP contribution in [-0.4, -0.2) is 43.5 Å². The summed E-state index contributed by atoms with van der Waals surface area (Å²) in [5.74, 6) is 0.593. The van der Waals surface area contributed by atoms with Crippen LogP contribution in [0.25, 0.3) is 17.2 Å². The summed E-state index contributed by atoms with van der Waals surface area (Å²) in [7, 11) is 0. The number of unbranched alkanes of at least 4 members (excludes halogenated alkanes) is 3. The molecule has 0 unspecified atom stereocenters. The van der Waals surface area contributed by atoms with Gasteiger partial charge in [-0.1, -0.05) is 55.6 Å². The predicted octanol–water partition coefficient (Wildman–Crippen LogP) is 7.46. The van der Waals surface area contributed by atoms with Crippen molar-refractivity contribution in [2.24, 2.45) is 0 Å². The van der Waals surface area contributed by atoms with E-state index in [1.165, 1.54) is 6.08 Å². The van der Waals surface area contributed by atoms with Crippen LogP contribution in [0.3, 0.4) is 0 Å². The van der Waals surface area contributed by atoms with E-state index in [1.54, 1.807) is 12.2 Å². The van der Waals surface area contributed by atoms with Gasteiger partial charge in [0.1, 0.15) is 24.7 Å². The number of hydrogen-bond acceptors (Lipinski definition) is 8. The van der Waals surface area contributed by atoms with E-state index in [2.05, 4.69) is 13.2 Å². The summed E-state index contributed by atoms with van der Waals surface area (Å²) in [5.41, 5.74) is 3.00. The van der Waals surface area contributed by atoms with E-state index >= 15 is 0 Å². The fourth-order valence-corrected chi connectivity index (χ4v) is 4.43. The third kappa shape index (κ3) is 12.9. The molecule has 0 amide bonds. The standard InChI is InChI=1S/C35H36O7S/c1-3-33(36)41-24-8-6-5-7-23-39-31-18-20-32(21-19-31)43-35(38)22-11-27-9-12-28(13-10-27)29-14-16-30(17-15-29)40-25-26-42-34(37)4-2/h3-4,9-22H,1-2,5-8,23-26H2/b22-11+. The molecule has 0 bridgehead atoms. The van der Waals surface area contributed by atoms with Gasteiger partial charge in [-0.3, -0.25) is 4.79 Å². The Morgan fingerprint density at radius 1 is 0.605 bits per heavy atom. The maximum absolute atomic E-state index is 12.5. The summed E-state index contributed by atoms with van der Waals surface area (Å²) < 4.78 is 21.2. The van der Waals surface area contributed by atoms with Crippen LogP contribution >= 0.6 is 11.8 Å². The van der Waals surface area contributed by atoms with Crippen molar-refractivity contribution in [2.75, 3.05) is 26.4 Å². The number of ether oxygens (including phenoxy) is 4. The summed E-state index contributed by atoms with van der Waals surface area (Å²) in [4.78, 5) is 35.4. The van der Waals surface area contributed by atoms with Gasteiger partial charge in [0.15, 0.2) is 0 Å². The second kappa shape index (κ2) is 18.8. The van der Waals surface area contributed by atoms with Crippen molar-refractivity contribution in [3.8, 4) is 22.6 Å². The third-order valence-electron chi connectivity index (χ3n) is 6.03. The van der Waals surface area contributed by atoms with Crippen LogP contribution in [0.5, 0.6) is 11.5 Å². The van der Waals surface area contributed by atoms with Gasteiger partial charge >= 0.3 is 11.9 Å². The SMILES string of the molecule is C=CC(=O)OCCCCCCOc1ccc(SC(=O)/C=C/c2ccc(-c3ccc(OCCOC(=O)C=C)cc3)cc2)cc1. The average Bonchev–Trinajstić information content (AvgIpc) is 3.04. The number of benzene rings is 3. The first-order chi connectivity index (χ1) is 21.0. The van der Waals surface area contributed by atoms with Crippen LogP contribution in [0.4, 0.5) is 0 Å². The molecule has 0 aliphatic rings. The van der Waals surface area contributed by atoms with Gasteiger partial charge in [0.25, 0.3) is 0 Å². The Labute approximate surface area is 257 Å². The van der Waals surface area contributed by atoms with Crippen LogP contribution < -0.4 is 9.47 Å². The topological polar surface area (TPSA) is 88.1 Å². The first kappa shape index (κ1) is 32.9. The molecule has 0 saturated heterocycles. The molecule has 0 aromatic heterocycles. The minimum absolute atomic E-state index is 0.0636. The molecule has 0 heterocycles. The van der Waals surface area contributed by atoms with Crippen LogP contribution in [0.1, 0.15) is 31.2 Å². The Morgan fingerprint density at radius 3 is 1.72 bits per heavy atom. The Bertz CT molecular complexity index is 1360. The number of hydrogen-bond donors (Lipinski definition) is 0. The first-order valence-electron chi connectivity index (χ1n) is 14.0. The van der Waals surface area contributed by atoms with Crippen molar-refractivity contribution < 1.29 is 33.3 Å². The Hall–Kier alpha value is -4.56. The van der Waals surface area contributed by atoms with Gasteiger partial charge in [-0.05, 0) is 96.6 Å². The fourth-order valence-electron chi connectivity index (χ4n) is 3.79. The molecule has 3 aromatic rings. The molecule has 8 heteroatoms. The molecular formula is C35H36O7S. The average molecular weight is 601 g/mol. The van der Waals surface area contributed by atoms with E-state index in [1.807, 2.05) is 72.8 Å². The number of carbonyl (C=O) groups excluding carboxylic acids is 3. The monoisotopic (exact) mass is 600 g/mol. The molecule has 0 radical (unpaired) electrons. The lowest BCUT2D eigenvalue weighted by Crippen LogP contribution is -2.10. The third-order valence-corrected chi connectivity index (χ3v) is 6.88. The predicted molar refractivity (Wildman–Crippen MR) is 170 cm³/mol. The first-order valence-corrected chi connectivity index (χ1v) is 14.8. The highest BCUT2D eigenvalue weighted by molar-refractivity contribution is 8.14. The highest BCUT2D eigenvalue weighted by Crippen LogP contribution is 2.25. The van der Waals surface area contributed by atoms with E-state index in [9.17, 15) is 14.4 Å². The highest BCUT2D eigenvalue weighted by Gasteiger charge is 2.04. The van der Waals surface area contributed by atoms with E-state index < -0.39 is 5.97 Å². The molecule has 7 nitrogen and oxygen atoms in total. The van der Waals surface area contributed by atoms with Crippen molar-refractivity contribution in [1.29, 1.82) is 0 Å². The quantitative estimate of drug-likeness (QED) is 0.0643. The molecule has 3 aromatic carbocycles. The normalized spacial score (nSPS) is 10.6. The van der Waals surface area contributed by atoms with Crippen molar-refractivity contribution in [3.05, 3.63) is 110 Å². The molecule has 0 aliphatic heterocycles. The maximum atomic E-state index is 12.5. The van der Waals surface area contributed by atoms with E-state index in [0.717, 1.165) is 70.9 Å². The van der Waals surface area contributed by atoms with Crippen LogP contribution in [0.15, 0.2) is 109 Å². The molecule has 0 spiro atoms. The zero-order valence-electron chi connectivity index (χ0n) is 24.1. The van der Waals surface area contributed by atoms with E-state index in [0.29, 0.717) is 19.0 Å². The summed E-state index contributed by atoms with van der Waals surface area (Å²) in [6, 6.07) is 23.1. The van der Waals surface area contributed by atoms with Gasteiger partial charge in [-0.25, -0.2) is 9.59 Å². The molecule has 3 rings (SSSR count). The lowest BCUT2D eigenvalue weighted by atomic mass is 10.0. The van der Waals surface area contributed by atoms with Gasteiger partial charge in [-0.2, -0.15) is 0 Å². The van der Waals surface area contributed by atoms with Crippen molar-refractivity contribution in [1.82, 2.24) is 0 Å². The molecule has 0 aliphatic carbocycles. The number of rotatable bonds is 18. The maximum Gasteiger partial charge on any atom is 0.330 e. The molecule has 0 N–H and O–H groups in total. The van der Waals surface area contributed by atoms with Gasteiger partial charge in [0.05, 0.1) is 13.2 Å². The van der Waals surface area contributed by atoms with Gasteiger partial charge < -0.3 is 18.9 Å². The van der Waals surface area contributed by atoms with Gasteiger partial charge in [0, 0.05) is 17.0 Å². The largest absolute Gasteiger partial charge is 0.494 e. The fraction of sp³-hybridized carbons (Fsp3) is 0.229. The summed E-state index contributed by atoms with van der Waals surface area (Å²) in [6.07, 6.45) is 9.35. The zero-order chi connectivity index (χ0) is 30.7. The smallest absolute Gasteiger partial charge is 0.330 e. The molecule has 0 saturated carbocycles. The van der Waals surface area contributed by atoms with Crippen molar-refractivity contribution in [3.63, 3.8) is 0 Å². The van der Waals surface area contributed by atoms with Gasteiger partial charge in [-0.15, -0.1) is 0 Å².